The number of halogens is 4. The number of piperazine rings is 1. The van der Waals surface area contributed by atoms with Crippen molar-refractivity contribution >= 4 is 33.4 Å². The third-order valence-electron chi connectivity index (χ3n) is 5.60. The van der Waals surface area contributed by atoms with E-state index in [1.54, 1.807) is 4.90 Å². The summed E-state index contributed by atoms with van der Waals surface area (Å²) in [5.41, 5.74) is 2.08. The third-order valence-corrected chi connectivity index (χ3v) is 9.21. The van der Waals surface area contributed by atoms with E-state index in [1.807, 2.05) is 0 Å². The van der Waals surface area contributed by atoms with Gasteiger partial charge in [-0.2, -0.15) is 33.6 Å². The van der Waals surface area contributed by atoms with Gasteiger partial charge in [0.1, 0.15) is 5.75 Å². The quantitative estimate of drug-likeness (QED) is 0.336. The van der Waals surface area contributed by atoms with Crippen LogP contribution in [0.5, 0.6) is 5.75 Å². The Morgan fingerprint density at radius 3 is 2.19 bits per heavy atom. The van der Waals surface area contributed by atoms with Crippen LogP contribution in [0.25, 0.3) is 0 Å². The van der Waals surface area contributed by atoms with Crippen LogP contribution in [0, 0.1) is 0 Å². The molecular formula is C18H23F4N3O5S2. The standard InChI is InChI=1S/C18H23F4N3O5S2/c19-15(20)18(21,22)30-14-3-1-13(2-4-14)24-7-9-25(10-8-24)32(28,29)17(16(26)23-27)5-11-31-12-6-17/h1-4,15,27H,5-12H2,(H,23,26). The van der Waals surface area contributed by atoms with Crippen molar-refractivity contribution in [1.29, 1.82) is 0 Å². The van der Waals surface area contributed by atoms with Gasteiger partial charge >= 0.3 is 12.5 Å². The number of anilines is 1. The van der Waals surface area contributed by atoms with Gasteiger partial charge in [0.05, 0.1) is 0 Å². The second-order valence-electron chi connectivity index (χ2n) is 7.40. The molecule has 1 aromatic carbocycles. The van der Waals surface area contributed by atoms with Crippen molar-refractivity contribution < 1.29 is 40.7 Å². The number of amides is 1. The zero-order valence-corrected chi connectivity index (χ0v) is 18.5. The first-order chi connectivity index (χ1) is 15.0. The third kappa shape index (κ3) is 4.77. The minimum absolute atomic E-state index is 0.0810. The Bertz CT molecular complexity index is 904. The number of alkyl halides is 4. The van der Waals surface area contributed by atoms with Crippen molar-refractivity contribution in [2.75, 3.05) is 42.6 Å². The predicted octanol–water partition coefficient (Wildman–Crippen LogP) is 2.15. The van der Waals surface area contributed by atoms with Crippen molar-refractivity contribution in [3.8, 4) is 5.75 Å². The lowest BCUT2D eigenvalue weighted by Gasteiger charge is -2.42. The Balaban J connectivity index is 1.67. The molecule has 0 aromatic heterocycles. The molecule has 14 heteroatoms. The molecule has 0 saturated carbocycles. The molecular weight excluding hydrogens is 478 g/mol. The zero-order chi connectivity index (χ0) is 23.6. The molecule has 0 radical (unpaired) electrons. The number of hydroxylamine groups is 1. The van der Waals surface area contributed by atoms with Crippen molar-refractivity contribution in [2.45, 2.75) is 30.1 Å². The molecule has 0 bridgehead atoms. The number of thioether (sulfide) groups is 1. The molecule has 0 aliphatic carbocycles. The highest BCUT2D eigenvalue weighted by Gasteiger charge is 2.54. The highest BCUT2D eigenvalue weighted by molar-refractivity contribution is 7.99. The molecule has 32 heavy (non-hydrogen) atoms. The van der Waals surface area contributed by atoms with Gasteiger partial charge in [-0.05, 0) is 48.6 Å². The van der Waals surface area contributed by atoms with Crippen LogP contribution in [-0.2, 0) is 14.8 Å². The van der Waals surface area contributed by atoms with Crippen molar-refractivity contribution in [3.05, 3.63) is 24.3 Å². The summed E-state index contributed by atoms with van der Waals surface area (Å²) in [5.74, 6) is -0.402. The Labute approximate surface area is 186 Å². The number of nitrogens with zero attached hydrogens (tertiary/aromatic N) is 2. The van der Waals surface area contributed by atoms with E-state index in [-0.39, 0.29) is 39.0 Å². The molecule has 2 N–H and O–H groups in total. The minimum Gasteiger partial charge on any atom is -0.428 e. The summed E-state index contributed by atoms with van der Waals surface area (Å²) in [6, 6.07) is 5.10. The van der Waals surface area contributed by atoms with E-state index >= 15 is 0 Å². The van der Waals surface area contributed by atoms with Gasteiger partial charge in [0.25, 0.3) is 5.91 Å². The SMILES string of the molecule is O=C(NO)C1(S(=O)(=O)N2CCN(c3ccc(OC(F)(F)C(F)F)cc3)CC2)CCSCC1. The van der Waals surface area contributed by atoms with Gasteiger partial charge in [-0.15, -0.1) is 0 Å². The molecule has 2 heterocycles. The molecule has 1 aromatic rings. The smallest absolute Gasteiger partial charge is 0.428 e. The highest BCUT2D eigenvalue weighted by atomic mass is 32.2. The van der Waals surface area contributed by atoms with E-state index in [9.17, 15) is 30.8 Å². The van der Waals surface area contributed by atoms with Crippen LogP contribution >= 0.6 is 11.8 Å². The maximum atomic E-state index is 13.3. The number of hydrogen-bond donors (Lipinski definition) is 2. The van der Waals surface area contributed by atoms with Gasteiger partial charge in [0, 0.05) is 31.9 Å². The highest BCUT2D eigenvalue weighted by Crippen LogP contribution is 2.37. The number of rotatable bonds is 7. The van der Waals surface area contributed by atoms with Gasteiger partial charge in [0.2, 0.25) is 10.0 Å². The van der Waals surface area contributed by atoms with Crippen molar-refractivity contribution in [2.24, 2.45) is 0 Å². The van der Waals surface area contributed by atoms with Gasteiger partial charge < -0.3 is 9.64 Å². The molecule has 180 valence electrons. The minimum atomic E-state index is -4.60. The molecule has 2 fully saturated rings. The Morgan fingerprint density at radius 1 is 1.12 bits per heavy atom. The maximum Gasteiger partial charge on any atom is 0.461 e. The lowest BCUT2D eigenvalue weighted by atomic mass is 10.0. The second kappa shape index (κ2) is 9.61. The molecule has 0 atom stereocenters. The molecule has 2 aliphatic rings. The van der Waals surface area contributed by atoms with Crippen LogP contribution in [0.1, 0.15) is 12.8 Å². The molecule has 0 spiro atoms. The lowest BCUT2D eigenvalue weighted by molar-refractivity contribution is -0.253. The normalized spacial score (nSPS) is 20.2. The van der Waals surface area contributed by atoms with Crippen molar-refractivity contribution in [3.63, 3.8) is 0 Å². The lowest BCUT2D eigenvalue weighted by Crippen LogP contribution is -2.61. The fourth-order valence-electron chi connectivity index (χ4n) is 3.77. The first-order valence-electron chi connectivity index (χ1n) is 9.75. The zero-order valence-electron chi connectivity index (χ0n) is 16.8. The van der Waals surface area contributed by atoms with Gasteiger partial charge in [-0.25, -0.2) is 13.9 Å². The second-order valence-corrected chi connectivity index (χ2v) is 10.9. The van der Waals surface area contributed by atoms with E-state index < -0.39 is 39.0 Å². The number of nitrogens with one attached hydrogen (secondary N) is 1. The summed E-state index contributed by atoms with van der Waals surface area (Å²) in [7, 11) is -4.05. The van der Waals surface area contributed by atoms with Crippen LogP contribution < -0.4 is 15.1 Å². The van der Waals surface area contributed by atoms with Gasteiger partial charge in [-0.1, -0.05) is 0 Å². The summed E-state index contributed by atoms with van der Waals surface area (Å²) < 4.78 is 80.7. The van der Waals surface area contributed by atoms with Gasteiger partial charge in [-0.3, -0.25) is 10.0 Å². The number of benzene rings is 1. The molecule has 2 saturated heterocycles. The first-order valence-corrected chi connectivity index (χ1v) is 12.3. The van der Waals surface area contributed by atoms with Crippen LogP contribution in [0.3, 0.4) is 0 Å². The van der Waals surface area contributed by atoms with E-state index in [0.717, 1.165) is 12.1 Å². The molecule has 3 rings (SSSR count). The summed E-state index contributed by atoms with van der Waals surface area (Å²) in [5, 5.41) is 9.13. The fraction of sp³-hybridized carbons (Fsp3) is 0.611. The summed E-state index contributed by atoms with van der Waals surface area (Å²) >= 11 is 1.54. The van der Waals surface area contributed by atoms with E-state index in [0.29, 0.717) is 17.2 Å². The average molecular weight is 502 g/mol. The van der Waals surface area contributed by atoms with Crippen LogP contribution in [-0.4, -0.2) is 78.8 Å². The van der Waals surface area contributed by atoms with Crippen LogP contribution in [0.2, 0.25) is 0 Å². The number of sulfonamides is 1. The molecule has 2 aliphatic heterocycles. The van der Waals surface area contributed by atoms with Crippen LogP contribution in [0.15, 0.2) is 24.3 Å². The number of hydrogen-bond acceptors (Lipinski definition) is 7. The topological polar surface area (TPSA) is 99.2 Å². The average Bonchev–Trinajstić information content (AvgIpc) is 2.79. The number of carbonyl (C=O) groups is 1. The summed E-state index contributed by atoms with van der Waals surface area (Å²) in [6.45, 7) is 0.686. The van der Waals surface area contributed by atoms with Crippen LogP contribution in [0.4, 0.5) is 23.2 Å². The fourth-order valence-corrected chi connectivity index (χ4v) is 7.35. The Morgan fingerprint density at radius 2 is 1.69 bits per heavy atom. The predicted molar refractivity (Wildman–Crippen MR) is 110 cm³/mol. The monoisotopic (exact) mass is 501 g/mol. The van der Waals surface area contributed by atoms with E-state index in [4.69, 9.17) is 5.21 Å². The van der Waals surface area contributed by atoms with E-state index in [2.05, 4.69) is 4.74 Å². The Kier molecular flexibility index (Phi) is 7.47. The maximum absolute atomic E-state index is 13.3. The molecule has 1 amide bonds. The molecule has 8 nitrogen and oxygen atoms in total. The summed E-state index contributed by atoms with van der Waals surface area (Å²) in [6.07, 6.45) is -8.37. The first kappa shape index (κ1) is 24.9. The van der Waals surface area contributed by atoms with E-state index in [1.165, 1.54) is 33.7 Å². The molecule has 0 unspecified atom stereocenters. The number of carbonyl (C=O) groups excluding carboxylic acids is 1. The van der Waals surface area contributed by atoms with Gasteiger partial charge in [0.15, 0.2) is 4.75 Å². The Hall–Kier alpha value is -1.77. The number of ether oxygens (including phenoxy) is 1. The largest absolute Gasteiger partial charge is 0.461 e. The summed E-state index contributed by atoms with van der Waals surface area (Å²) in [4.78, 5) is 14.1. The van der Waals surface area contributed by atoms with Crippen molar-refractivity contribution in [1.82, 2.24) is 9.79 Å².